The molecule has 1 fully saturated rings. The predicted octanol–water partition coefficient (Wildman–Crippen LogP) is 0.708. The molecule has 2 N–H and O–H groups in total. The van der Waals surface area contributed by atoms with E-state index in [1.165, 1.54) is 11.1 Å². The van der Waals surface area contributed by atoms with E-state index in [1.54, 1.807) is 0 Å². The number of piperazine rings is 1. The van der Waals surface area contributed by atoms with Crippen LogP contribution < -0.4 is 4.74 Å². The third-order valence-corrected chi connectivity index (χ3v) is 5.01. The first-order chi connectivity index (χ1) is 10.6. The molecular formula is C17H26N2O3. The lowest BCUT2D eigenvalue weighted by Gasteiger charge is -2.43. The lowest BCUT2D eigenvalue weighted by Crippen LogP contribution is -2.52. The van der Waals surface area contributed by atoms with Crippen LogP contribution in [0.15, 0.2) is 12.1 Å². The Balaban J connectivity index is 1.81. The number of aryl methyl sites for hydroxylation is 1. The van der Waals surface area contributed by atoms with Crippen LogP contribution in [0.4, 0.5) is 0 Å². The van der Waals surface area contributed by atoms with Gasteiger partial charge in [0.1, 0.15) is 18.5 Å². The van der Waals surface area contributed by atoms with E-state index in [9.17, 15) is 5.11 Å². The Morgan fingerprint density at radius 2 is 1.91 bits per heavy atom. The van der Waals surface area contributed by atoms with Gasteiger partial charge in [0.15, 0.2) is 0 Å². The molecule has 0 bridgehead atoms. The molecule has 122 valence electrons. The summed E-state index contributed by atoms with van der Waals surface area (Å²) in [6.07, 6.45) is -0.487. The normalized spacial score (nSPS) is 26.5. The van der Waals surface area contributed by atoms with E-state index in [4.69, 9.17) is 9.84 Å². The summed E-state index contributed by atoms with van der Waals surface area (Å²) >= 11 is 0. The van der Waals surface area contributed by atoms with Crippen molar-refractivity contribution in [2.45, 2.75) is 26.0 Å². The van der Waals surface area contributed by atoms with Gasteiger partial charge in [-0.25, -0.2) is 0 Å². The van der Waals surface area contributed by atoms with E-state index in [0.717, 1.165) is 44.0 Å². The monoisotopic (exact) mass is 306 g/mol. The van der Waals surface area contributed by atoms with Crippen LogP contribution >= 0.6 is 0 Å². The van der Waals surface area contributed by atoms with E-state index in [2.05, 4.69) is 35.8 Å². The first-order valence-electron chi connectivity index (χ1n) is 8.10. The van der Waals surface area contributed by atoms with Crippen LogP contribution in [0.5, 0.6) is 5.75 Å². The van der Waals surface area contributed by atoms with Crippen molar-refractivity contribution in [2.24, 2.45) is 0 Å². The molecule has 2 unspecified atom stereocenters. The molecule has 2 aliphatic rings. The van der Waals surface area contributed by atoms with Crippen molar-refractivity contribution in [2.75, 3.05) is 45.9 Å². The molecule has 3 rings (SSSR count). The summed E-state index contributed by atoms with van der Waals surface area (Å²) in [4.78, 5) is 4.62. The Kier molecular flexibility index (Phi) is 4.68. The van der Waals surface area contributed by atoms with Crippen LogP contribution in [0.1, 0.15) is 22.7 Å². The molecule has 1 aromatic carbocycles. The van der Waals surface area contributed by atoms with Gasteiger partial charge in [-0.2, -0.15) is 0 Å². The Morgan fingerprint density at radius 3 is 2.59 bits per heavy atom. The number of ether oxygens (including phenoxy) is 1. The van der Waals surface area contributed by atoms with E-state index in [-0.39, 0.29) is 12.6 Å². The smallest absolute Gasteiger partial charge is 0.127 e. The Labute approximate surface area is 132 Å². The molecule has 0 aliphatic carbocycles. The summed E-state index contributed by atoms with van der Waals surface area (Å²) in [6.45, 7) is 9.17. The van der Waals surface area contributed by atoms with E-state index in [0.29, 0.717) is 6.61 Å². The van der Waals surface area contributed by atoms with Gasteiger partial charge in [-0.1, -0.05) is 12.1 Å². The summed E-state index contributed by atoms with van der Waals surface area (Å²) in [6, 6.07) is 4.23. The molecule has 2 atom stereocenters. The number of aliphatic hydroxyl groups is 2. The van der Waals surface area contributed by atoms with Crippen LogP contribution in [0.2, 0.25) is 0 Å². The van der Waals surface area contributed by atoms with Crippen molar-refractivity contribution >= 4 is 0 Å². The molecule has 0 spiro atoms. The summed E-state index contributed by atoms with van der Waals surface area (Å²) in [7, 11) is 0. The Morgan fingerprint density at radius 1 is 1.18 bits per heavy atom. The lowest BCUT2D eigenvalue weighted by molar-refractivity contribution is -0.0196. The molecule has 0 amide bonds. The molecule has 5 heteroatoms. The largest absolute Gasteiger partial charge is 0.490 e. The maximum absolute atomic E-state index is 10.5. The molecule has 2 heterocycles. The standard InChI is InChI=1S/C17H26N2O3/c1-12-3-4-14-16(15(21)11-22-17(14)13(12)2)19-7-5-18(6-8-19)9-10-20/h3-4,15-16,20-21H,5-11H2,1-2H3. The second-order valence-electron chi connectivity index (χ2n) is 6.35. The van der Waals surface area contributed by atoms with Gasteiger partial charge in [0, 0.05) is 38.3 Å². The maximum atomic E-state index is 10.5. The summed E-state index contributed by atoms with van der Waals surface area (Å²) in [5, 5.41) is 19.5. The van der Waals surface area contributed by atoms with Gasteiger partial charge in [0.25, 0.3) is 0 Å². The number of benzene rings is 1. The topological polar surface area (TPSA) is 56.2 Å². The number of rotatable bonds is 3. The summed E-state index contributed by atoms with van der Waals surface area (Å²) in [5.74, 6) is 0.952. The molecule has 0 radical (unpaired) electrons. The number of fused-ring (bicyclic) bond motifs is 1. The summed E-state index contributed by atoms with van der Waals surface area (Å²) in [5.41, 5.74) is 3.51. The van der Waals surface area contributed by atoms with Crippen molar-refractivity contribution < 1.29 is 14.9 Å². The third-order valence-electron chi connectivity index (χ3n) is 5.01. The van der Waals surface area contributed by atoms with Gasteiger partial charge in [0.05, 0.1) is 12.6 Å². The maximum Gasteiger partial charge on any atom is 0.127 e. The van der Waals surface area contributed by atoms with Crippen LogP contribution in [0.25, 0.3) is 0 Å². The number of nitrogens with zero attached hydrogens (tertiary/aromatic N) is 2. The molecule has 5 nitrogen and oxygen atoms in total. The van der Waals surface area contributed by atoms with Gasteiger partial charge < -0.3 is 14.9 Å². The predicted molar refractivity (Wildman–Crippen MR) is 85.3 cm³/mol. The average Bonchev–Trinajstić information content (AvgIpc) is 2.52. The molecule has 0 aromatic heterocycles. The molecular weight excluding hydrogens is 280 g/mol. The quantitative estimate of drug-likeness (QED) is 0.861. The van der Waals surface area contributed by atoms with Gasteiger partial charge >= 0.3 is 0 Å². The molecule has 0 saturated carbocycles. The fourth-order valence-corrected chi connectivity index (χ4v) is 3.55. The first kappa shape index (κ1) is 15.7. The zero-order chi connectivity index (χ0) is 15.7. The molecule has 1 aromatic rings. The highest BCUT2D eigenvalue weighted by Crippen LogP contribution is 2.39. The van der Waals surface area contributed by atoms with Crippen LogP contribution in [-0.4, -0.2) is 72.1 Å². The highest BCUT2D eigenvalue weighted by molar-refractivity contribution is 5.48. The minimum atomic E-state index is -0.487. The van der Waals surface area contributed by atoms with Gasteiger partial charge in [-0.15, -0.1) is 0 Å². The number of aliphatic hydroxyl groups excluding tert-OH is 2. The minimum Gasteiger partial charge on any atom is -0.490 e. The van der Waals surface area contributed by atoms with Crippen molar-refractivity contribution in [1.82, 2.24) is 9.80 Å². The van der Waals surface area contributed by atoms with E-state index < -0.39 is 6.10 Å². The molecule has 22 heavy (non-hydrogen) atoms. The van der Waals surface area contributed by atoms with Crippen molar-refractivity contribution in [3.63, 3.8) is 0 Å². The number of hydrogen-bond donors (Lipinski definition) is 2. The number of β-amino-alcohol motifs (C(OH)–C–C–N with tert-alkyl or cyclic N) is 1. The fourth-order valence-electron chi connectivity index (χ4n) is 3.55. The average molecular weight is 306 g/mol. The van der Waals surface area contributed by atoms with E-state index >= 15 is 0 Å². The zero-order valence-electron chi connectivity index (χ0n) is 13.5. The second-order valence-corrected chi connectivity index (χ2v) is 6.35. The Hall–Kier alpha value is -1.14. The molecule has 2 aliphatic heterocycles. The van der Waals surface area contributed by atoms with Crippen molar-refractivity contribution in [1.29, 1.82) is 0 Å². The zero-order valence-corrected chi connectivity index (χ0v) is 13.5. The van der Waals surface area contributed by atoms with Gasteiger partial charge in [-0.05, 0) is 25.0 Å². The lowest BCUT2D eigenvalue weighted by atomic mass is 9.92. The number of hydrogen-bond acceptors (Lipinski definition) is 5. The van der Waals surface area contributed by atoms with Crippen LogP contribution in [-0.2, 0) is 0 Å². The fraction of sp³-hybridized carbons (Fsp3) is 0.647. The third kappa shape index (κ3) is 2.86. The van der Waals surface area contributed by atoms with Crippen molar-refractivity contribution in [3.8, 4) is 5.75 Å². The first-order valence-corrected chi connectivity index (χ1v) is 8.10. The van der Waals surface area contributed by atoms with Crippen LogP contribution in [0.3, 0.4) is 0 Å². The highest BCUT2D eigenvalue weighted by atomic mass is 16.5. The van der Waals surface area contributed by atoms with Crippen molar-refractivity contribution in [3.05, 3.63) is 28.8 Å². The van der Waals surface area contributed by atoms with Gasteiger partial charge in [-0.3, -0.25) is 9.80 Å². The highest BCUT2D eigenvalue weighted by Gasteiger charge is 2.36. The Bertz CT molecular complexity index is 527. The SMILES string of the molecule is Cc1ccc2c(c1C)OCC(O)C2N1CCN(CCO)CC1. The second kappa shape index (κ2) is 6.54. The minimum absolute atomic E-state index is 0.0133. The van der Waals surface area contributed by atoms with E-state index in [1.807, 2.05) is 0 Å². The molecule has 1 saturated heterocycles. The van der Waals surface area contributed by atoms with Gasteiger partial charge in [0.2, 0.25) is 0 Å². The van der Waals surface area contributed by atoms with Crippen LogP contribution in [0, 0.1) is 13.8 Å². The summed E-state index contributed by atoms with van der Waals surface area (Å²) < 4.78 is 5.81.